The van der Waals surface area contributed by atoms with Gasteiger partial charge in [-0.25, -0.2) is 14.4 Å². The van der Waals surface area contributed by atoms with Gasteiger partial charge in [0.15, 0.2) is 17.2 Å². The van der Waals surface area contributed by atoms with Crippen molar-refractivity contribution in [2.75, 3.05) is 40.3 Å². The van der Waals surface area contributed by atoms with E-state index in [4.69, 9.17) is 9.72 Å². The minimum absolute atomic E-state index is 0.204. The molecule has 1 fully saturated rings. The summed E-state index contributed by atoms with van der Waals surface area (Å²) in [6.07, 6.45) is 2.60. The molecule has 0 atom stereocenters. The molecular formula is C25H25FN5O2+. The average Bonchev–Trinajstić information content (AvgIpc) is 3.29. The Morgan fingerprint density at radius 3 is 2.64 bits per heavy atom. The third kappa shape index (κ3) is 3.72. The number of carbonyl (C=O) groups excluding carboxylic acids is 1. The van der Waals surface area contributed by atoms with Crippen molar-refractivity contribution >= 4 is 23.3 Å². The first kappa shape index (κ1) is 21.1. The fraction of sp³-hybridized carbons (Fsp3) is 0.240. The van der Waals surface area contributed by atoms with E-state index >= 15 is 0 Å². The molecule has 2 aromatic heterocycles. The van der Waals surface area contributed by atoms with Crippen LogP contribution in [0, 0.1) is 5.82 Å². The van der Waals surface area contributed by atoms with Crippen molar-refractivity contribution in [3.8, 4) is 28.3 Å². The summed E-state index contributed by atoms with van der Waals surface area (Å²) in [6.45, 7) is 3.07. The molecule has 0 radical (unpaired) electrons. The smallest absolute Gasteiger partial charge is 0.210 e. The van der Waals surface area contributed by atoms with E-state index in [-0.39, 0.29) is 5.75 Å². The number of fused-ring (bicyclic) bond motifs is 1. The van der Waals surface area contributed by atoms with Crippen LogP contribution in [0.4, 0.5) is 10.1 Å². The molecule has 1 saturated heterocycles. The maximum absolute atomic E-state index is 14.4. The molecule has 8 heteroatoms. The number of hydrogen-bond acceptors (Lipinski definition) is 4. The summed E-state index contributed by atoms with van der Waals surface area (Å²) >= 11 is 0. The van der Waals surface area contributed by atoms with Gasteiger partial charge in [0.25, 0.3) is 0 Å². The second-order valence-electron chi connectivity index (χ2n) is 8.49. The van der Waals surface area contributed by atoms with Crippen LogP contribution in [-0.2, 0) is 4.79 Å². The molecule has 168 valence electrons. The molecule has 0 unspecified atom stereocenters. The first-order chi connectivity index (χ1) is 16.0. The zero-order valence-corrected chi connectivity index (χ0v) is 18.6. The van der Waals surface area contributed by atoms with Crippen LogP contribution in [0.15, 0.2) is 54.7 Å². The largest absolute Gasteiger partial charge is 0.494 e. The molecule has 0 aliphatic carbocycles. The van der Waals surface area contributed by atoms with Gasteiger partial charge in [0.2, 0.25) is 6.41 Å². The summed E-state index contributed by atoms with van der Waals surface area (Å²) < 4.78 is 20.1. The molecular weight excluding hydrogens is 421 g/mol. The average molecular weight is 447 g/mol. The first-order valence-electron chi connectivity index (χ1n) is 10.8. The highest BCUT2D eigenvalue weighted by Crippen LogP contribution is 2.36. The van der Waals surface area contributed by atoms with E-state index in [0.717, 1.165) is 41.8 Å². The van der Waals surface area contributed by atoms with Crippen LogP contribution in [0.3, 0.4) is 0 Å². The summed E-state index contributed by atoms with van der Waals surface area (Å²) in [5.41, 5.74) is 4.98. The molecule has 4 aromatic rings. The lowest BCUT2D eigenvalue weighted by atomic mass is 10.1. The number of rotatable bonds is 5. The molecule has 1 N–H and O–H groups in total. The number of H-pyrrole nitrogens is 1. The second kappa shape index (κ2) is 8.29. The number of nitrogens with one attached hydrogen (secondary N) is 1. The van der Waals surface area contributed by atoms with Crippen molar-refractivity contribution in [2.45, 2.75) is 0 Å². The summed E-state index contributed by atoms with van der Waals surface area (Å²) in [5.74, 6) is 0.499. The first-order valence-corrected chi connectivity index (χ1v) is 10.8. The number of imidazole rings is 1. The number of benzene rings is 2. The van der Waals surface area contributed by atoms with E-state index in [1.807, 2.05) is 29.2 Å². The van der Waals surface area contributed by atoms with Crippen molar-refractivity contribution in [2.24, 2.45) is 0 Å². The highest BCUT2D eigenvalue weighted by Gasteiger charge is 2.33. The Hall–Kier alpha value is -3.78. The van der Waals surface area contributed by atoms with Gasteiger partial charge in [-0.05, 0) is 35.9 Å². The van der Waals surface area contributed by atoms with Crippen LogP contribution in [0.1, 0.15) is 0 Å². The summed E-state index contributed by atoms with van der Waals surface area (Å²) in [6, 6.07) is 14.9. The van der Waals surface area contributed by atoms with Crippen LogP contribution in [0.5, 0.6) is 5.75 Å². The number of amides is 1. The molecule has 1 aliphatic heterocycles. The standard InChI is InChI=1S/C25H25FN5O2/c1-31(13-11-30(16-32)12-14-31)21-6-4-3-5-19(21)24-28-23-18(9-10-27-25(23)29-24)17-7-8-22(33-2)20(26)15-17/h3-10,15-16H,11-14H2,1-2H3,(H,27,28,29)/q+1. The van der Waals surface area contributed by atoms with Crippen molar-refractivity contribution in [1.82, 2.24) is 24.3 Å². The van der Waals surface area contributed by atoms with Gasteiger partial charge in [0.05, 0.1) is 38.3 Å². The molecule has 0 bridgehead atoms. The van der Waals surface area contributed by atoms with E-state index in [1.54, 1.807) is 12.3 Å². The number of nitrogens with zero attached hydrogens (tertiary/aromatic N) is 4. The van der Waals surface area contributed by atoms with Gasteiger partial charge >= 0.3 is 0 Å². The Morgan fingerprint density at radius 2 is 1.91 bits per heavy atom. The number of aromatic nitrogens is 3. The van der Waals surface area contributed by atoms with Gasteiger partial charge < -0.3 is 14.6 Å². The van der Waals surface area contributed by atoms with Crippen molar-refractivity contribution in [3.63, 3.8) is 0 Å². The number of methoxy groups -OCH3 is 1. The topological polar surface area (TPSA) is 71.1 Å². The van der Waals surface area contributed by atoms with Crippen LogP contribution < -0.4 is 9.22 Å². The van der Waals surface area contributed by atoms with Crippen LogP contribution in [0.2, 0.25) is 0 Å². The normalized spacial score (nSPS) is 15.5. The summed E-state index contributed by atoms with van der Waals surface area (Å²) in [4.78, 5) is 25.6. The predicted molar refractivity (Wildman–Crippen MR) is 126 cm³/mol. The lowest BCUT2D eigenvalue weighted by molar-refractivity contribution is -0.119. The Morgan fingerprint density at radius 1 is 1.12 bits per heavy atom. The molecule has 3 heterocycles. The van der Waals surface area contributed by atoms with Gasteiger partial charge in [0.1, 0.15) is 24.6 Å². The maximum Gasteiger partial charge on any atom is 0.210 e. The third-order valence-electron chi connectivity index (χ3n) is 6.51. The second-order valence-corrected chi connectivity index (χ2v) is 8.49. The minimum atomic E-state index is -0.420. The number of halogens is 1. The number of hydrogen-bond donors (Lipinski definition) is 1. The van der Waals surface area contributed by atoms with Gasteiger partial charge in [-0.15, -0.1) is 0 Å². The highest BCUT2D eigenvalue weighted by molar-refractivity contribution is 5.92. The lowest BCUT2D eigenvalue weighted by Crippen LogP contribution is -2.58. The van der Waals surface area contributed by atoms with Crippen LogP contribution in [-0.4, -0.2) is 66.6 Å². The zero-order valence-electron chi connectivity index (χ0n) is 18.6. The SMILES string of the molecule is COc1ccc(-c2ccnc3nc(-c4ccccc4[N+]4(C)CCN(C=O)CC4)[nH]c23)cc1F. The van der Waals surface area contributed by atoms with E-state index < -0.39 is 5.82 Å². The molecule has 5 rings (SSSR count). The third-order valence-corrected chi connectivity index (χ3v) is 6.51. The van der Waals surface area contributed by atoms with Gasteiger partial charge in [-0.3, -0.25) is 9.28 Å². The number of para-hydroxylation sites is 1. The number of ether oxygens (including phenoxy) is 1. The van der Waals surface area contributed by atoms with E-state index in [0.29, 0.717) is 34.6 Å². The molecule has 0 spiro atoms. The summed E-state index contributed by atoms with van der Waals surface area (Å²) in [7, 11) is 3.64. The number of quaternary nitrogens is 1. The Bertz CT molecular complexity index is 1330. The quantitative estimate of drug-likeness (QED) is 0.373. The van der Waals surface area contributed by atoms with Crippen molar-refractivity contribution in [3.05, 3.63) is 60.5 Å². The van der Waals surface area contributed by atoms with Crippen LogP contribution in [0.25, 0.3) is 33.7 Å². The Labute approximate surface area is 191 Å². The van der Waals surface area contributed by atoms with E-state index in [1.165, 1.54) is 13.2 Å². The van der Waals surface area contributed by atoms with Gasteiger partial charge in [-0.1, -0.05) is 18.2 Å². The molecule has 1 amide bonds. The highest BCUT2D eigenvalue weighted by atomic mass is 19.1. The fourth-order valence-corrected chi connectivity index (χ4v) is 4.53. The van der Waals surface area contributed by atoms with Gasteiger partial charge in [-0.2, -0.15) is 0 Å². The lowest BCUT2D eigenvalue weighted by Gasteiger charge is -2.41. The minimum Gasteiger partial charge on any atom is -0.494 e. The van der Waals surface area contributed by atoms with Crippen LogP contribution >= 0.6 is 0 Å². The molecule has 0 saturated carbocycles. The summed E-state index contributed by atoms with van der Waals surface area (Å²) in [5, 5.41) is 0. The fourth-order valence-electron chi connectivity index (χ4n) is 4.53. The Balaban J connectivity index is 1.58. The number of piperazine rings is 1. The van der Waals surface area contributed by atoms with E-state index in [2.05, 4.69) is 29.1 Å². The van der Waals surface area contributed by atoms with E-state index in [9.17, 15) is 9.18 Å². The number of likely N-dealkylation sites (N-methyl/N-ethyl adjacent to an activating group) is 1. The zero-order chi connectivity index (χ0) is 23.0. The molecule has 1 aliphatic rings. The molecule has 2 aromatic carbocycles. The maximum atomic E-state index is 14.4. The molecule has 7 nitrogen and oxygen atoms in total. The monoisotopic (exact) mass is 446 g/mol. The number of carbonyl (C=O) groups is 1. The number of pyridine rings is 1. The number of aromatic amines is 1. The Kier molecular flexibility index (Phi) is 5.30. The van der Waals surface area contributed by atoms with Crippen molar-refractivity contribution < 1.29 is 13.9 Å². The predicted octanol–water partition coefficient (Wildman–Crippen LogP) is 3.85. The molecule has 33 heavy (non-hydrogen) atoms. The van der Waals surface area contributed by atoms with Gasteiger partial charge in [0, 0.05) is 11.8 Å². The van der Waals surface area contributed by atoms with Crippen molar-refractivity contribution in [1.29, 1.82) is 0 Å².